The second kappa shape index (κ2) is 5.85. The van der Waals surface area contributed by atoms with Crippen molar-refractivity contribution < 1.29 is 4.74 Å². The summed E-state index contributed by atoms with van der Waals surface area (Å²) in [4.78, 5) is 5.73. The first-order chi connectivity index (χ1) is 12.3. The fourth-order valence-corrected chi connectivity index (χ4v) is 4.38. The summed E-state index contributed by atoms with van der Waals surface area (Å²) in [5.41, 5.74) is 3.08. The Balaban J connectivity index is 1.31. The van der Waals surface area contributed by atoms with Crippen LogP contribution in [0, 0.1) is 0 Å². The van der Waals surface area contributed by atoms with Crippen LogP contribution in [0.15, 0.2) is 42.6 Å². The fraction of sp³-hybridized carbons (Fsp3) is 0.400. The van der Waals surface area contributed by atoms with Crippen LogP contribution in [-0.2, 0) is 0 Å². The lowest BCUT2D eigenvalue weighted by atomic mass is 10.0. The highest BCUT2D eigenvalue weighted by Gasteiger charge is 2.39. The van der Waals surface area contributed by atoms with E-state index in [-0.39, 0.29) is 6.10 Å². The molecule has 3 aromatic rings. The van der Waals surface area contributed by atoms with E-state index < -0.39 is 0 Å². The molecule has 2 atom stereocenters. The lowest BCUT2D eigenvalue weighted by molar-refractivity contribution is 0.0626. The van der Waals surface area contributed by atoms with Gasteiger partial charge in [-0.1, -0.05) is 6.07 Å². The topological polar surface area (TPSA) is 54.0 Å². The minimum Gasteiger partial charge on any atom is -0.473 e. The van der Waals surface area contributed by atoms with Crippen LogP contribution in [0.1, 0.15) is 25.7 Å². The van der Waals surface area contributed by atoms with Crippen LogP contribution in [-0.4, -0.2) is 45.3 Å². The Morgan fingerprint density at radius 3 is 2.64 bits per heavy atom. The van der Waals surface area contributed by atoms with E-state index in [1.165, 1.54) is 18.2 Å². The van der Waals surface area contributed by atoms with E-state index in [0.717, 1.165) is 29.6 Å². The number of fused-ring (bicyclic) bond motifs is 3. The van der Waals surface area contributed by atoms with Crippen molar-refractivity contribution in [3.05, 3.63) is 42.6 Å². The molecule has 0 amide bonds. The SMILES string of the molecule is CN1C2CCC1CC(Oc1ccc(-c3ccc4[nH]ccc4c3)nn1)C2. The highest BCUT2D eigenvalue weighted by Crippen LogP contribution is 2.35. The number of nitrogens with one attached hydrogen (secondary N) is 1. The number of hydrogen-bond acceptors (Lipinski definition) is 4. The van der Waals surface area contributed by atoms with Gasteiger partial charge in [-0.15, -0.1) is 10.2 Å². The summed E-state index contributed by atoms with van der Waals surface area (Å²) in [6.07, 6.45) is 7.01. The number of hydrogen-bond donors (Lipinski definition) is 1. The average Bonchev–Trinajstić information content (AvgIpc) is 3.16. The molecule has 25 heavy (non-hydrogen) atoms. The Morgan fingerprint density at radius 2 is 1.88 bits per heavy atom. The number of nitrogens with zero attached hydrogens (tertiary/aromatic N) is 3. The molecule has 2 fully saturated rings. The number of H-pyrrole nitrogens is 1. The van der Waals surface area contributed by atoms with Gasteiger partial charge in [0.25, 0.3) is 0 Å². The van der Waals surface area contributed by atoms with E-state index in [0.29, 0.717) is 18.0 Å². The van der Waals surface area contributed by atoms with Crippen LogP contribution in [0.4, 0.5) is 0 Å². The van der Waals surface area contributed by atoms with E-state index >= 15 is 0 Å². The molecule has 2 aliphatic heterocycles. The first-order valence-corrected chi connectivity index (χ1v) is 9.06. The van der Waals surface area contributed by atoms with Gasteiger partial charge in [-0.05, 0) is 57.0 Å². The van der Waals surface area contributed by atoms with Gasteiger partial charge in [0.1, 0.15) is 6.10 Å². The lowest BCUT2D eigenvalue weighted by Gasteiger charge is -2.35. The third-order valence-corrected chi connectivity index (χ3v) is 5.83. The molecule has 2 bridgehead atoms. The van der Waals surface area contributed by atoms with E-state index in [1.807, 2.05) is 18.3 Å². The van der Waals surface area contributed by atoms with Crippen LogP contribution in [0.5, 0.6) is 5.88 Å². The van der Waals surface area contributed by atoms with Gasteiger partial charge in [-0.2, -0.15) is 0 Å². The van der Waals surface area contributed by atoms with Crippen molar-refractivity contribution in [3.8, 4) is 17.1 Å². The van der Waals surface area contributed by atoms with Gasteiger partial charge in [0.05, 0.1) is 5.69 Å². The fourth-order valence-electron chi connectivity index (χ4n) is 4.38. The number of piperidine rings is 1. The van der Waals surface area contributed by atoms with Gasteiger partial charge in [-0.25, -0.2) is 0 Å². The Kier molecular flexibility index (Phi) is 3.48. The van der Waals surface area contributed by atoms with Gasteiger partial charge < -0.3 is 14.6 Å². The normalized spacial score (nSPS) is 26.2. The molecule has 1 N–H and O–H groups in total. The maximum absolute atomic E-state index is 6.13. The largest absolute Gasteiger partial charge is 0.473 e. The molecule has 5 rings (SSSR count). The van der Waals surface area contributed by atoms with Crippen LogP contribution in [0.25, 0.3) is 22.2 Å². The highest BCUT2D eigenvalue weighted by atomic mass is 16.5. The maximum Gasteiger partial charge on any atom is 0.233 e. The molecule has 5 nitrogen and oxygen atoms in total. The summed E-state index contributed by atoms with van der Waals surface area (Å²) in [6, 6.07) is 13.6. The van der Waals surface area contributed by atoms with Crippen LogP contribution in [0.3, 0.4) is 0 Å². The molecule has 2 saturated heterocycles. The van der Waals surface area contributed by atoms with Crippen LogP contribution < -0.4 is 4.74 Å². The number of benzene rings is 1. The second-order valence-corrected chi connectivity index (χ2v) is 7.30. The summed E-state index contributed by atoms with van der Waals surface area (Å²) >= 11 is 0. The molecule has 128 valence electrons. The smallest absolute Gasteiger partial charge is 0.233 e. The summed E-state index contributed by atoms with van der Waals surface area (Å²) in [5.74, 6) is 0.639. The first-order valence-electron chi connectivity index (χ1n) is 9.06. The van der Waals surface area contributed by atoms with Crippen molar-refractivity contribution in [1.29, 1.82) is 0 Å². The third kappa shape index (κ3) is 2.68. The molecule has 2 unspecified atom stereocenters. The summed E-state index contributed by atoms with van der Waals surface area (Å²) in [5, 5.41) is 9.87. The number of ether oxygens (including phenoxy) is 1. The number of aromatic nitrogens is 3. The molecule has 0 spiro atoms. The monoisotopic (exact) mass is 334 g/mol. The number of rotatable bonds is 3. The predicted octanol–water partition coefficient (Wildman–Crippen LogP) is 3.63. The Labute approximate surface area is 147 Å². The van der Waals surface area contributed by atoms with E-state index in [2.05, 4.69) is 51.4 Å². The van der Waals surface area contributed by atoms with E-state index in [4.69, 9.17) is 4.74 Å². The summed E-state index contributed by atoms with van der Waals surface area (Å²) < 4.78 is 6.13. The van der Waals surface area contributed by atoms with Crippen molar-refractivity contribution in [2.45, 2.75) is 43.9 Å². The van der Waals surface area contributed by atoms with Crippen molar-refractivity contribution in [3.63, 3.8) is 0 Å². The van der Waals surface area contributed by atoms with Gasteiger partial charge in [-0.3, -0.25) is 0 Å². The average molecular weight is 334 g/mol. The maximum atomic E-state index is 6.13. The quantitative estimate of drug-likeness (QED) is 0.795. The van der Waals surface area contributed by atoms with Gasteiger partial charge in [0, 0.05) is 40.8 Å². The molecule has 4 heterocycles. The Bertz CT molecular complexity index is 874. The molecule has 0 aliphatic carbocycles. The Morgan fingerprint density at radius 1 is 1.04 bits per heavy atom. The van der Waals surface area contributed by atoms with E-state index in [1.54, 1.807) is 0 Å². The second-order valence-electron chi connectivity index (χ2n) is 7.30. The van der Waals surface area contributed by atoms with Crippen LogP contribution >= 0.6 is 0 Å². The van der Waals surface area contributed by atoms with Crippen molar-refractivity contribution >= 4 is 10.9 Å². The van der Waals surface area contributed by atoms with E-state index in [9.17, 15) is 0 Å². The molecular formula is C20H22N4O. The molecule has 1 aromatic carbocycles. The zero-order valence-electron chi connectivity index (χ0n) is 14.4. The Hall–Kier alpha value is -2.40. The predicted molar refractivity (Wildman–Crippen MR) is 97.5 cm³/mol. The van der Waals surface area contributed by atoms with Crippen molar-refractivity contribution in [2.24, 2.45) is 0 Å². The molecular weight excluding hydrogens is 312 g/mol. The molecule has 0 radical (unpaired) electrons. The molecule has 5 heteroatoms. The van der Waals surface area contributed by atoms with Crippen molar-refractivity contribution in [1.82, 2.24) is 20.1 Å². The summed E-state index contributed by atoms with van der Waals surface area (Å²) in [7, 11) is 2.24. The molecule has 2 aromatic heterocycles. The number of aromatic amines is 1. The van der Waals surface area contributed by atoms with Crippen LogP contribution in [0.2, 0.25) is 0 Å². The highest BCUT2D eigenvalue weighted by molar-refractivity contribution is 5.84. The van der Waals surface area contributed by atoms with Gasteiger partial charge in [0.2, 0.25) is 5.88 Å². The minimum atomic E-state index is 0.269. The zero-order valence-corrected chi connectivity index (χ0v) is 14.4. The molecule has 0 saturated carbocycles. The standard InChI is InChI=1S/C20H22N4O/c1-24-15-3-4-16(24)12-17(11-15)25-20-7-6-19(22-23-20)13-2-5-18-14(10-13)8-9-21-18/h2,5-10,15-17,21H,3-4,11-12H2,1H3. The van der Waals surface area contributed by atoms with Gasteiger partial charge >= 0.3 is 0 Å². The summed E-state index contributed by atoms with van der Waals surface area (Å²) in [6.45, 7) is 0. The first kappa shape index (κ1) is 14.9. The minimum absolute atomic E-state index is 0.269. The lowest BCUT2D eigenvalue weighted by Crippen LogP contribution is -2.43. The van der Waals surface area contributed by atoms with Crippen molar-refractivity contribution in [2.75, 3.05) is 7.05 Å². The van der Waals surface area contributed by atoms with Gasteiger partial charge in [0.15, 0.2) is 0 Å². The zero-order chi connectivity index (χ0) is 16.8. The third-order valence-electron chi connectivity index (χ3n) is 5.83. The molecule has 2 aliphatic rings.